The Morgan fingerprint density at radius 1 is 1.09 bits per heavy atom. The molecule has 2 nitrogen and oxygen atoms in total. The van der Waals surface area contributed by atoms with Gasteiger partial charge in [-0.2, -0.15) is 0 Å². The molecule has 0 aromatic heterocycles. The van der Waals surface area contributed by atoms with Crippen LogP contribution >= 0.6 is 0 Å². The van der Waals surface area contributed by atoms with Crippen LogP contribution in [0.25, 0.3) is 0 Å². The second kappa shape index (κ2) is 2.82. The summed E-state index contributed by atoms with van der Waals surface area (Å²) in [6, 6.07) is 0.631. The van der Waals surface area contributed by atoms with Crippen LogP contribution in [-0.2, 0) is 0 Å². The molecule has 0 saturated heterocycles. The Labute approximate surface area is 66.1 Å². The zero-order chi connectivity index (χ0) is 7.52. The summed E-state index contributed by atoms with van der Waals surface area (Å²) < 4.78 is 0. The van der Waals surface area contributed by atoms with Crippen LogP contribution in [0.15, 0.2) is 34.3 Å². The summed E-state index contributed by atoms with van der Waals surface area (Å²) in [7, 11) is 0. The van der Waals surface area contributed by atoms with E-state index in [1.54, 1.807) is 0 Å². The van der Waals surface area contributed by atoms with Crippen LogP contribution < -0.4 is 0 Å². The van der Waals surface area contributed by atoms with Crippen molar-refractivity contribution >= 4 is 12.4 Å². The van der Waals surface area contributed by atoms with Crippen LogP contribution in [0.1, 0.15) is 6.42 Å². The highest BCUT2D eigenvalue weighted by molar-refractivity contribution is 5.75. The topological polar surface area (TPSA) is 24.7 Å². The molecule has 0 bridgehead atoms. The Bertz CT molecular complexity index is 236. The van der Waals surface area contributed by atoms with Gasteiger partial charge in [-0.05, 0) is 18.6 Å². The van der Waals surface area contributed by atoms with E-state index >= 15 is 0 Å². The molecule has 56 valence electrons. The van der Waals surface area contributed by atoms with Gasteiger partial charge < -0.3 is 0 Å². The molecule has 0 aliphatic carbocycles. The minimum atomic E-state index is 0.288. The molecule has 11 heavy (non-hydrogen) atoms. The maximum atomic E-state index is 4.33. The van der Waals surface area contributed by atoms with Gasteiger partial charge in [-0.1, -0.05) is 12.2 Å². The number of dihydropyridines is 1. The van der Waals surface area contributed by atoms with E-state index in [9.17, 15) is 0 Å². The average molecular weight is 146 g/mol. The van der Waals surface area contributed by atoms with Crippen molar-refractivity contribution in [1.82, 2.24) is 0 Å². The summed E-state index contributed by atoms with van der Waals surface area (Å²) in [6.45, 7) is 0. The van der Waals surface area contributed by atoms with Gasteiger partial charge in [0.25, 0.3) is 0 Å². The first-order valence-electron chi connectivity index (χ1n) is 3.85. The molecule has 2 heterocycles. The van der Waals surface area contributed by atoms with Crippen molar-refractivity contribution in [2.45, 2.75) is 18.5 Å². The van der Waals surface area contributed by atoms with Crippen LogP contribution in [0, 0.1) is 0 Å². The van der Waals surface area contributed by atoms with Crippen LogP contribution in [0.4, 0.5) is 0 Å². The van der Waals surface area contributed by atoms with E-state index in [0.29, 0.717) is 6.04 Å². The molecule has 2 rings (SSSR count). The zero-order valence-electron chi connectivity index (χ0n) is 6.22. The Kier molecular flexibility index (Phi) is 1.68. The van der Waals surface area contributed by atoms with E-state index in [1.807, 2.05) is 24.6 Å². The second-order valence-corrected chi connectivity index (χ2v) is 2.70. The zero-order valence-corrected chi connectivity index (χ0v) is 6.22. The highest BCUT2D eigenvalue weighted by atomic mass is 14.9. The molecule has 0 spiro atoms. The number of allylic oxidation sites excluding steroid dienone is 2. The van der Waals surface area contributed by atoms with Crippen LogP contribution in [0.3, 0.4) is 0 Å². The van der Waals surface area contributed by atoms with Gasteiger partial charge in [-0.3, -0.25) is 9.98 Å². The Morgan fingerprint density at radius 3 is 2.64 bits per heavy atom. The van der Waals surface area contributed by atoms with Gasteiger partial charge in [0.15, 0.2) is 0 Å². The van der Waals surface area contributed by atoms with Crippen molar-refractivity contribution in [1.29, 1.82) is 0 Å². The summed E-state index contributed by atoms with van der Waals surface area (Å²) in [5.74, 6) is 0. The molecule has 0 N–H and O–H groups in total. The van der Waals surface area contributed by atoms with Gasteiger partial charge in [0.2, 0.25) is 0 Å². The van der Waals surface area contributed by atoms with Crippen molar-refractivity contribution in [2.24, 2.45) is 9.98 Å². The first-order chi connectivity index (χ1) is 5.47. The van der Waals surface area contributed by atoms with Gasteiger partial charge in [0.1, 0.15) is 0 Å². The molecule has 0 aromatic carbocycles. The molecule has 2 atom stereocenters. The highest BCUT2D eigenvalue weighted by Crippen LogP contribution is 2.14. The molecule has 2 aliphatic heterocycles. The number of nitrogens with zero attached hydrogens (tertiary/aromatic N) is 2. The lowest BCUT2D eigenvalue weighted by Gasteiger charge is -2.15. The van der Waals surface area contributed by atoms with Crippen molar-refractivity contribution in [3.8, 4) is 0 Å². The van der Waals surface area contributed by atoms with Gasteiger partial charge >= 0.3 is 0 Å². The lowest BCUT2D eigenvalue weighted by Crippen LogP contribution is -2.19. The van der Waals surface area contributed by atoms with Gasteiger partial charge in [-0.25, -0.2) is 0 Å². The van der Waals surface area contributed by atoms with Gasteiger partial charge in [-0.15, -0.1) is 0 Å². The minimum Gasteiger partial charge on any atom is -0.287 e. The van der Waals surface area contributed by atoms with Crippen molar-refractivity contribution in [3.63, 3.8) is 0 Å². The number of hydrogen-bond acceptors (Lipinski definition) is 2. The van der Waals surface area contributed by atoms with Gasteiger partial charge in [0, 0.05) is 12.4 Å². The Balaban J connectivity index is 2.05. The van der Waals surface area contributed by atoms with Crippen molar-refractivity contribution in [2.75, 3.05) is 0 Å². The minimum absolute atomic E-state index is 0.288. The van der Waals surface area contributed by atoms with Crippen LogP contribution in [0.2, 0.25) is 0 Å². The molecular formula is C9H10N2. The van der Waals surface area contributed by atoms with E-state index in [-0.39, 0.29) is 6.04 Å². The fourth-order valence-corrected chi connectivity index (χ4v) is 1.32. The predicted octanol–water partition coefficient (Wildman–Crippen LogP) is 1.39. The fourth-order valence-electron chi connectivity index (χ4n) is 1.32. The van der Waals surface area contributed by atoms with Gasteiger partial charge in [0.05, 0.1) is 12.1 Å². The largest absolute Gasteiger partial charge is 0.287 e. The maximum Gasteiger partial charge on any atom is 0.0909 e. The van der Waals surface area contributed by atoms with Crippen molar-refractivity contribution < 1.29 is 0 Å². The molecule has 0 aromatic rings. The monoisotopic (exact) mass is 146 g/mol. The number of rotatable bonds is 1. The maximum absolute atomic E-state index is 4.33. The predicted molar refractivity (Wildman–Crippen MR) is 47.5 cm³/mol. The Morgan fingerprint density at radius 2 is 2.00 bits per heavy atom. The average Bonchev–Trinajstić information content (AvgIpc) is 2.58. The molecule has 0 fully saturated rings. The molecule has 0 amide bonds. The first-order valence-corrected chi connectivity index (χ1v) is 3.85. The third kappa shape index (κ3) is 1.29. The standard InChI is InChI=1S/C9H10N2/c1-2-6-10-8(4-1)9-5-3-7-11-9/h1-3,5-9H,4H2. The lowest BCUT2D eigenvalue weighted by molar-refractivity contribution is 0.616. The molecule has 2 aliphatic rings. The second-order valence-electron chi connectivity index (χ2n) is 2.70. The summed E-state index contributed by atoms with van der Waals surface area (Å²) in [4.78, 5) is 8.61. The summed E-state index contributed by atoms with van der Waals surface area (Å²) in [5.41, 5.74) is 0. The summed E-state index contributed by atoms with van der Waals surface area (Å²) in [6.07, 6.45) is 12.9. The van der Waals surface area contributed by atoms with Crippen molar-refractivity contribution in [3.05, 3.63) is 24.3 Å². The SMILES string of the molecule is C1=CCC(C2C=CC=N2)N=C1. The fraction of sp³-hybridized carbons (Fsp3) is 0.333. The third-order valence-corrected chi connectivity index (χ3v) is 1.92. The van der Waals surface area contributed by atoms with E-state index in [4.69, 9.17) is 0 Å². The van der Waals surface area contributed by atoms with E-state index < -0.39 is 0 Å². The van der Waals surface area contributed by atoms with Crippen LogP contribution in [-0.4, -0.2) is 24.5 Å². The quantitative estimate of drug-likeness (QED) is 0.534. The Hall–Kier alpha value is -1.18. The highest BCUT2D eigenvalue weighted by Gasteiger charge is 2.17. The molecular weight excluding hydrogens is 136 g/mol. The lowest BCUT2D eigenvalue weighted by atomic mass is 10.1. The molecule has 0 saturated carbocycles. The smallest absolute Gasteiger partial charge is 0.0909 e. The third-order valence-electron chi connectivity index (χ3n) is 1.92. The van der Waals surface area contributed by atoms with E-state index in [0.717, 1.165) is 6.42 Å². The molecule has 2 heteroatoms. The number of hydrogen-bond donors (Lipinski definition) is 0. The number of aliphatic imine (C=N–C) groups is 2. The molecule has 0 radical (unpaired) electrons. The molecule has 2 unspecified atom stereocenters. The normalized spacial score (nSPS) is 33.5. The first kappa shape index (κ1) is 6.53. The van der Waals surface area contributed by atoms with Crippen LogP contribution in [0.5, 0.6) is 0 Å². The summed E-state index contributed by atoms with van der Waals surface area (Å²) >= 11 is 0. The van der Waals surface area contributed by atoms with E-state index in [2.05, 4.69) is 22.1 Å². The summed E-state index contributed by atoms with van der Waals surface area (Å²) in [5, 5.41) is 0. The van der Waals surface area contributed by atoms with E-state index in [1.165, 1.54) is 0 Å².